The van der Waals surface area contributed by atoms with E-state index in [-0.39, 0.29) is 24.0 Å². The van der Waals surface area contributed by atoms with Gasteiger partial charge in [-0.3, -0.25) is 9.97 Å². The van der Waals surface area contributed by atoms with Gasteiger partial charge in [0, 0.05) is 24.5 Å². The SMILES string of the molecule is C[n+]1ccc(-n2nc(-c3ccccn3)nc2-c2ccccn2)cc1.[I-]. The van der Waals surface area contributed by atoms with E-state index in [1.54, 1.807) is 17.1 Å². The lowest BCUT2D eigenvalue weighted by molar-refractivity contribution is -0.671. The Morgan fingerprint density at radius 2 is 1.48 bits per heavy atom. The van der Waals surface area contributed by atoms with Crippen molar-refractivity contribution in [3.8, 4) is 28.7 Å². The van der Waals surface area contributed by atoms with Gasteiger partial charge in [-0.25, -0.2) is 14.2 Å². The molecule has 0 aliphatic carbocycles. The van der Waals surface area contributed by atoms with Crippen LogP contribution in [0.5, 0.6) is 0 Å². The van der Waals surface area contributed by atoms with Crippen LogP contribution in [0.2, 0.25) is 0 Å². The fourth-order valence-corrected chi connectivity index (χ4v) is 2.39. The zero-order valence-electron chi connectivity index (χ0n) is 13.5. The molecule has 0 spiro atoms. The van der Waals surface area contributed by atoms with E-state index in [1.165, 1.54) is 0 Å². The Morgan fingerprint density at radius 3 is 2.08 bits per heavy atom. The fourth-order valence-electron chi connectivity index (χ4n) is 2.39. The standard InChI is InChI=1S/C18H15N6.HI/c1-23-12-8-14(9-13-23)24-18(16-7-3-5-11-20-16)21-17(22-24)15-6-2-4-10-19-15;/h2-13H,1H3;1H/q+1;/p-1. The van der Waals surface area contributed by atoms with Crippen molar-refractivity contribution in [1.29, 1.82) is 0 Å². The lowest BCUT2D eigenvalue weighted by Gasteiger charge is -2.03. The van der Waals surface area contributed by atoms with Crippen molar-refractivity contribution in [1.82, 2.24) is 24.7 Å². The van der Waals surface area contributed by atoms with E-state index in [0.717, 1.165) is 17.1 Å². The van der Waals surface area contributed by atoms with Gasteiger partial charge in [0.15, 0.2) is 18.2 Å². The minimum atomic E-state index is 0. The van der Waals surface area contributed by atoms with Crippen molar-refractivity contribution >= 4 is 0 Å². The van der Waals surface area contributed by atoms with Crippen molar-refractivity contribution in [2.24, 2.45) is 7.05 Å². The van der Waals surface area contributed by atoms with Crippen LogP contribution in [0.15, 0.2) is 73.3 Å². The number of aryl methyl sites for hydroxylation is 1. The Hall–Kier alpha value is -2.68. The van der Waals surface area contributed by atoms with Crippen LogP contribution in [0.3, 0.4) is 0 Å². The van der Waals surface area contributed by atoms with Crippen LogP contribution in [-0.2, 0) is 7.05 Å². The van der Waals surface area contributed by atoms with E-state index in [2.05, 4.69) is 20.1 Å². The number of aromatic nitrogens is 6. The Balaban J connectivity index is 0.00000182. The van der Waals surface area contributed by atoms with Gasteiger partial charge in [0.2, 0.25) is 5.82 Å². The first-order valence-electron chi connectivity index (χ1n) is 7.57. The van der Waals surface area contributed by atoms with Crippen LogP contribution >= 0.6 is 0 Å². The van der Waals surface area contributed by atoms with Crippen LogP contribution in [0, 0.1) is 0 Å². The van der Waals surface area contributed by atoms with Crippen molar-refractivity contribution in [2.75, 3.05) is 0 Å². The molecule has 0 aliphatic rings. The minimum Gasteiger partial charge on any atom is -1.00 e. The van der Waals surface area contributed by atoms with E-state index in [1.807, 2.05) is 72.5 Å². The van der Waals surface area contributed by atoms with Gasteiger partial charge in [0.25, 0.3) is 0 Å². The first-order valence-corrected chi connectivity index (χ1v) is 7.57. The van der Waals surface area contributed by atoms with E-state index in [0.29, 0.717) is 11.6 Å². The van der Waals surface area contributed by atoms with Crippen LogP contribution in [-0.4, -0.2) is 24.7 Å². The molecule has 6 nitrogen and oxygen atoms in total. The summed E-state index contributed by atoms with van der Waals surface area (Å²) in [7, 11) is 1.98. The highest BCUT2D eigenvalue weighted by Crippen LogP contribution is 2.22. The second-order valence-corrected chi connectivity index (χ2v) is 5.32. The predicted molar refractivity (Wildman–Crippen MR) is 89.0 cm³/mol. The summed E-state index contributed by atoms with van der Waals surface area (Å²) >= 11 is 0. The third kappa shape index (κ3) is 3.55. The molecule has 7 heteroatoms. The number of halogens is 1. The Labute approximate surface area is 162 Å². The zero-order chi connectivity index (χ0) is 16.4. The lowest BCUT2D eigenvalue weighted by Crippen LogP contribution is -3.00. The molecule has 0 atom stereocenters. The predicted octanol–water partition coefficient (Wildman–Crippen LogP) is -0.780. The normalized spacial score (nSPS) is 10.3. The van der Waals surface area contributed by atoms with Crippen molar-refractivity contribution in [3.05, 3.63) is 73.3 Å². The maximum absolute atomic E-state index is 4.67. The minimum absolute atomic E-state index is 0. The van der Waals surface area contributed by atoms with Gasteiger partial charge in [-0.15, -0.1) is 5.10 Å². The summed E-state index contributed by atoms with van der Waals surface area (Å²) < 4.78 is 3.77. The van der Waals surface area contributed by atoms with E-state index >= 15 is 0 Å². The Kier molecular flexibility index (Phi) is 5.13. The average molecular weight is 442 g/mol. The summed E-state index contributed by atoms with van der Waals surface area (Å²) in [5, 5.41) is 4.65. The molecule has 0 saturated carbocycles. The summed E-state index contributed by atoms with van der Waals surface area (Å²) in [6, 6.07) is 15.4. The fraction of sp³-hybridized carbons (Fsp3) is 0.0556. The highest BCUT2D eigenvalue weighted by Gasteiger charge is 2.16. The van der Waals surface area contributed by atoms with Gasteiger partial charge in [-0.1, -0.05) is 12.1 Å². The Bertz CT molecular complexity index is 952. The number of pyridine rings is 3. The molecule has 0 aromatic carbocycles. The molecule has 0 amide bonds. The van der Waals surface area contributed by atoms with Gasteiger partial charge >= 0.3 is 0 Å². The molecule has 124 valence electrons. The summed E-state index contributed by atoms with van der Waals surface area (Å²) in [6.45, 7) is 0. The van der Waals surface area contributed by atoms with Crippen molar-refractivity contribution < 1.29 is 28.5 Å². The Morgan fingerprint density at radius 1 is 0.840 bits per heavy atom. The molecule has 0 fully saturated rings. The monoisotopic (exact) mass is 442 g/mol. The zero-order valence-corrected chi connectivity index (χ0v) is 15.6. The summed E-state index contributed by atoms with van der Waals surface area (Å²) in [4.78, 5) is 13.4. The molecular weight excluding hydrogens is 427 g/mol. The molecular formula is C18H15IN6. The topological polar surface area (TPSA) is 60.4 Å². The molecule has 0 bridgehead atoms. The van der Waals surface area contributed by atoms with Crippen LogP contribution in [0.4, 0.5) is 0 Å². The van der Waals surface area contributed by atoms with E-state index in [4.69, 9.17) is 0 Å². The first kappa shape index (κ1) is 17.2. The second-order valence-electron chi connectivity index (χ2n) is 5.32. The van der Waals surface area contributed by atoms with Crippen molar-refractivity contribution in [3.63, 3.8) is 0 Å². The maximum Gasteiger partial charge on any atom is 0.200 e. The van der Waals surface area contributed by atoms with Crippen molar-refractivity contribution in [2.45, 2.75) is 0 Å². The highest BCUT2D eigenvalue weighted by molar-refractivity contribution is 5.58. The molecule has 4 aromatic heterocycles. The molecule has 0 radical (unpaired) electrons. The molecule has 0 unspecified atom stereocenters. The second kappa shape index (κ2) is 7.47. The first-order chi connectivity index (χ1) is 11.8. The summed E-state index contributed by atoms with van der Waals surface area (Å²) in [5.74, 6) is 1.26. The van der Waals surface area contributed by atoms with Gasteiger partial charge in [0.1, 0.15) is 18.4 Å². The molecule has 0 saturated heterocycles. The van der Waals surface area contributed by atoms with Gasteiger partial charge in [0.05, 0.1) is 5.69 Å². The number of hydrogen-bond acceptors (Lipinski definition) is 4. The quantitative estimate of drug-likeness (QED) is 0.309. The van der Waals surface area contributed by atoms with Crippen LogP contribution < -0.4 is 28.5 Å². The summed E-state index contributed by atoms with van der Waals surface area (Å²) in [5.41, 5.74) is 2.42. The lowest BCUT2D eigenvalue weighted by atomic mass is 10.3. The van der Waals surface area contributed by atoms with E-state index in [9.17, 15) is 0 Å². The highest BCUT2D eigenvalue weighted by atomic mass is 127. The van der Waals surface area contributed by atoms with Crippen LogP contribution in [0.1, 0.15) is 0 Å². The number of hydrogen-bond donors (Lipinski definition) is 0. The average Bonchev–Trinajstić information content (AvgIpc) is 3.09. The molecule has 25 heavy (non-hydrogen) atoms. The molecule has 4 heterocycles. The summed E-state index contributed by atoms with van der Waals surface area (Å²) in [6.07, 6.45) is 7.43. The molecule has 4 aromatic rings. The van der Waals surface area contributed by atoms with Gasteiger partial charge < -0.3 is 24.0 Å². The van der Waals surface area contributed by atoms with Gasteiger partial charge in [-0.2, -0.15) is 0 Å². The molecule has 4 rings (SSSR count). The third-order valence-electron chi connectivity index (χ3n) is 3.60. The largest absolute Gasteiger partial charge is 1.00 e. The maximum atomic E-state index is 4.67. The smallest absolute Gasteiger partial charge is 0.200 e. The molecule has 0 aliphatic heterocycles. The third-order valence-corrected chi connectivity index (χ3v) is 3.60. The van der Waals surface area contributed by atoms with E-state index < -0.39 is 0 Å². The number of rotatable bonds is 3. The van der Waals surface area contributed by atoms with Gasteiger partial charge in [-0.05, 0) is 24.3 Å². The molecule has 0 N–H and O–H groups in total. The number of nitrogens with zero attached hydrogens (tertiary/aromatic N) is 6. The van der Waals surface area contributed by atoms with Crippen LogP contribution in [0.25, 0.3) is 28.7 Å².